The minimum atomic E-state index is -0.253. The fourth-order valence-corrected chi connectivity index (χ4v) is 4.31. The van der Waals surface area contributed by atoms with E-state index in [1.165, 1.54) is 0 Å². The van der Waals surface area contributed by atoms with Gasteiger partial charge in [0.05, 0.1) is 15.3 Å². The van der Waals surface area contributed by atoms with Gasteiger partial charge in [-0.15, -0.1) is 11.3 Å². The van der Waals surface area contributed by atoms with Crippen LogP contribution in [0.1, 0.15) is 51.2 Å². The fraction of sp³-hybridized carbons (Fsp3) is 0.136. The van der Waals surface area contributed by atoms with Crippen molar-refractivity contribution in [2.24, 2.45) is 0 Å². The van der Waals surface area contributed by atoms with E-state index >= 15 is 0 Å². The zero-order chi connectivity index (χ0) is 18.7. The molecule has 0 bridgehead atoms. The Hall–Kier alpha value is -3.05. The monoisotopic (exact) mass is 373 g/mol. The van der Waals surface area contributed by atoms with Gasteiger partial charge in [0.1, 0.15) is 5.76 Å². The van der Waals surface area contributed by atoms with Crippen molar-refractivity contribution in [3.63, 3.8) is 0 Å². The molecule has 1 aliphatic carbocycles. The highest BCUT2D eigenvalue weighted by atomic mass is 32.1. The van der Waals surface area contributed by atoms with Crippen molar-refractivity contribution < 1.29 is 14.0 Å². The van der Waals surface area contributed by atoms with Gasteiger partial charge in [0.25, 0.3) is 0 Å². The third kappa shape index (κ3) is 2.46. The van der Waals surface area contributed by atoms with E-state index in [0.29, 0.717) is 28.5 Å². The second kappa shape index (κ2) is 5.72. The van der Waals surface area contributed by atoms with Gasteiger partial charge in [0.2, 0.25) is 5.71 Å². The number of hydrogen-bond donors (Lipinski definition) is 0. The third-order valence-corrected chi connectivity index (χ3v) is 6.05. The highest BCUT2D eigenvalue weighted by Crippen LogP contribution is 2.34. The van der Waals surface area contributed by atoms with E-state index in [0.717, 1.165) is 20.5 Å². The number of furan rings is 1. The molecule has 0 atom stereocenters. The Kier molecular flexibility index (Phi) is 3.42. The smallest absolute Gasteiger partial charge is 0.237 e. The number of hydrogen-bond acceptors (Lipinski definition) is 5. The molecule has 2 aromatic heterocycles. The van der Waals surface area contributed by atoms with E-state index in [1.807, 2.05) is 30.3 Å². The van der Waals surface area contributed by atoms with Crippen LogP contribution in [0.15, 0.2) is 52.5 Å². The van der Waals surface area contributed by atoms with Gasteiger partial charge in [-0.05, 0) is 29.0 Å². The van der Waals surface area contributed by atoms with Crippen LogP contribution in [0, 0.1) is 0 Å². The quantitative estimate of drug-likeness (QED) is 0.337. The van der Waals surface area contributed by atoms with Gasteiger partial charge in [-0.3, -0.25) is 9.59 Å². The lowest BCUT2D eigenvalue weighted by Crippen LogP contribution is -1.99. The number of aromatic nitrogens is 1. The summed E-state index contributed by atoms with van der Waals surface area (Å²) >= 11 is 1.57. The van der Waals surface area contributed by atoms with Gasteiger partial charge in [-0.25, -0.2) is 4.98 Å². The maximum Gasteiger partial charge on any atom is 0.237 e. The number of allylic oxidation sites excluding steroid dienone is 1. The van der Waals surface area contributed by atoms with Crippen LogP contribution >= 0.6 is 11.3 Å². The minimum Gasteiger partial charge on any atom is -0.437 e. The highest BCUT2D eigenvalue weighted by molar-refractivity contribution is 7.18. The lowest BCUT2D eigenvalue weighted by atomic mass is 10.0. The summed E-state index contributed by atoms with van der Waals surface area (Å²) in [6, 6.07) is 13.1. The molecule has 0 fully saturated rings. The first-order valence-corrected chi connectivity index (χ1v) is 9.57. The van der Waals surface area contributed by atoms with Crippen molar-refractivity contribution in [2.45, 2.75) is 19.8 Å². The highest BCUT2D eigenvalue weighted by Gasteiger charge is 2.33. The number of Topliss-reactive ketones (excluding diaryl/α,β-unsaturated/α-hetero) is 2. The van der Waals surface area contributed by atoms with E-state index in [1.54, 1.807) is 29.5 Å². The molecule has 2 aromatic carbocycles. The van der Waals surface area contributed by atoms with Crippen LogP contribution in [0.5, 0.6) is 0 Å². The van der Waals surface area contributed by atoms with E-state index in [9.17, 15) is 9.59 Å². The zero-order valence-electron chi connectivity index (χ0n) is 14.8. The average molecular weight is 373 g/mol. The van der Waals surface area contributed by atoms with E-state index < -0.39 is 0 Å². The number of carbonyl (C=O) groups excluding carboxylic acids is 2. The third-order valence-electron chi connectivity index (χ3n) is 4.77. The molecule has 0 unspecified atom stereocenters. The van der Waals surface area contributed by atoms with Crippen LogP contribution in [-0.4, -0.2) is 16.6 Å². The van der Waals surface area contributed by atoms with Gasteiger partial charge < -0.3 is 4.42 Å². The molecular weight excluding hydrogens is 358 g/mol. The largest absolute Gasteiger partial charge is 0.437 e. The molecule has 0 spiro atoms. The predicted octanol–water partition coefficient (Wildman–Crippen LogP) is 5.63. The maximum atomic E-state index is 12.8. The summed E-state index contributed by atoms with van der Waals surface area (Å²) < 4.78 is 6.68. The summed E-state index contributed by atoms with van der Waals surface area (Å²) in [5, 5.41) is 2.90. The Labute approximate surface area is 159 Å². The van der Waals surface area contributed by atoms with Crippen molar-refractivity contribution in [1.82, 2.24) is 4.98 Å². The molecule has 5 heteroatoms. The number of fused-ring (bicyclic) bond motifs is 3. The Balaban J connectivity index is 1.58. The van der Waals surface area contributed by atoms with Gasteiger partial charge in [0.15, 0.2) is 11.6 Å². The number of thiazole rings is 1. The Morgan fingerprint density at radius 3 is 2.19 bits per heavy atom. The Morgan fingerprint density at radius 2 is 1.63 bits per heavy atom. The van der Waals surface area contributed by atoms with Crippen molar-refractivity contribution in [3.05, 3.63) is 69.9 Å². The second-order valence-electron chi connectivity index (χ2n) is 6.99. The van der Waals surface area contributed by atoms with Gasteiger partial charge in [0, 0.05) is 23.1 Å². The van der Waals surface area contributed by atoms with Crippen molar-refractivity contribution >= 4 is 50.2 Å². The molecule has 0 N–H and O–H groups in total. The van der Waals surface area contributed by atoms with E-state index in [-0.39, 0.29) is 17.1 Å². The normalized spacial score (nSPS) is 14.0. The Bertz CT molecular complexity index is 1200. The molecule has 0 aliphatic heterocycles. The van der Waals surface area contributed by atoms with Gasteiger partial charge >= 0.3 is 0 Å². The van der Waals surface area contributed by atoms with Gasteiger partial charge in [-0.1, -0.05) is 38.1 Å². The summed E-state index contributed by atoms with van der Waals surface area (Å²) in [6.45, 7) is 4.16. The first-order valence-electron chi connectivity index (χ1n) is 8.75. The molecular formula is C22H15NO3S. The summed E-state index contributed by atoms with van der Waals surface area (Å²) in [5.74, 6) is 0.307. The van der Waals surface area contributed by atoms with Crippen molar-refractivity contribution in [3.8, 4) is 0 Å². The summed E-state index contributed by atoms with van der Waals surface area (Å²) in [6.07, 6.45) is 1.54. The number of nitrogens with zero attached hydrogens (tertiary/aromatic N) is 1. The van der Waals surface area contributed by atoms with Crippen molar-refractivity contribution in [1.29, 1.82) is 0 Å². The summed E-state index contributed by atoms with van der Waals surface area (Å²) in [5.41, 5.74) is 1.61. The number of ketones is 2. The first kappa shape index (κ1) is 16.1. The van der Waals surface area contributed by atoms with Gasteiger partial charge in [-0.2, -0.15) is 0 Å². The molecule has 27 heavy (non-hydrogen) atoms. The van der Waals surface area contributed by atoms with Crippen LogP contribution in [-0.2, 0) is 0 Å². The fourth-order valence-electron chi connectivity index (χ4n) is 3.37. The number of benzene rings is 2. The topological polar surface area (TPSA) is 60.2 Å². The summed E-state index contributed by atoms with van der Waals surface area (Å²) in [4.78, 5) is 30.1. The lowest BCUT2D eigenvalue weighted by Gasteiger charge is -2.00. The SMILES string of the molecule is CC(C)c1nc2oc(C=C3C(=O)c4cc5ccccc5cc4C3=O)cc2s1. The molecule has 5 rings (SSSR count). The maximum absolute atomic E-state index is 12.8. The lowest BCUT2D eigenvalue weighted by molar-refractivity contribution is 0.0990. The van der Waals surface area contributed by atoms with Crippen LogP contribution in [0.4, 0.5) is 0 Å². The standard InChI is InChI=1S/C22H15NO3S/c1-11(2)22-23-21-18(27-22)10-14(26-21)9-17-19(24)15-7-12-5-3-4-6-13(12)8-16(15)20(17)25/h3-11H,1-2H3. The number of carbonyl (C=O) groups is 2. The summed E-state index contributed by atoms with van der Waals surface area (Å²) in [7, 11) is 0. The van der Waals surface area contributed by atoms with E-state index in [2.05, 4.69) is 18.8 Å². The first-order chi connectivity index (χ1) is 13.0. The minimum absolute atomic E-state index is 0.144. The molecule has 4 nitrogen and oxygen atoms in total. The molecule has 0 radical (unpaired) electrons. The second-order valence-corrected chi connectivity index (χ2v) is 8.05. The van der Waals surface area contributed by atoms with Crippen molar-refractivity contribution in [2.75, 3.05) is 0 Å². The molecule has 0 saturated carbocycles. The molecule has 1 aliphatic rings. The predicted molar refractivity (Wildman–Crippen MR) is 107 cm³/mol. The van der Waals surface area contributed by atoms with Crippen LogP contribution in [0.3, 0.4) is 0 Å². The molecule has 4 aromatic rings. The zero-order valence-corrected chi connectivity index (χ0v) is 15.6. The average Bonchev–Trinajstić information content (AvgIpc) is 3.28. The van der Waals surface area contributed by atoms with Crippen LogP contribution < -0.4 is 0 Å². The molecule has 2 heterocycles. The van der Waals surface area contributed by atoms with Crippen LogP contribution in [0.25, 0.3) is 27.3 Å². The molecule has 0 amide bonds. The molecule has 132 valence electrons. The molecule has 0 saturated heterocycles. The van der Waals surface area contributed by atoms with E-state index in [4.69, 9.17) is 4.42 Å². The Morgan fingerprint density at radius 1 is 1.00 bits per heavy atom. The van der Waals surface area contributed by atoms with Crippen LogP contribution in [0.2, 0.25) is 0 Å². The number of rotatable bonds is 2.